The van der Waals surface area contributed by atoms with E-state index in [0.29, 0.717) is 13.1 Å². The molecule has 1 heterocycles. The minimum Gasteiger partial charge on any atom is -0.359 e. The highest BCUT2D eigenvalue weighted by atomic mass is 16.2. The van der Waals surface area contributed by atoms with Gasteiger partial charge in [0.25, 0.3) is 0 Å². The van der Waals surface area contributed by atoms with Crippen LogP contribution in [0.1, 0.15) is 19.5 Å². The van der Waals surface area contributed by atoms with Crippen LogP contribution in [0.5, 0.6) is 0 Å². The Morgan fingerprint density at radius 1 is 1.35 bits per heavy atom. The van der Waals surface area contributed by atoms with E-state index >= 15 is 0 Å². The van der Waals surface area contributed by atoms with E-state index in [-0.39, 0.29) is 5.91 Å². The van der Waals surface area contributed by atoms with Crippen molar-refractivity contribution in [2.24, 2.45) is 12.5 Å². The zero-order valence-corrected chi connectivity index (χ0v) is 12.5. The van der Waals surface area contributed by atoms with Gasteiger partial charge in [-0.25, -0.2) is 0 Å². The monoisotopic (exact) mass is 274 g/mol. The fraction of sp³-hybridized carbons (Fsp3) is 0.467. The smallest absolute Gasteiger partial charge is 0.226 e. The molecule has 0 bridgehead atoms. The van der Waals surface area contributed by atoms with Crippen LogP contribution in [0.25, 0.3) is 10.9 Å². The molecule has 1 aromatic heterocycles. The SMILES string of the molecule is CNC(=O)C(C)(C)CNCc1nn(C)c2ccccc12. The quantitative estimate of drug-likeness (QED) is 0.867. The van der Waals surface area contributed by atoms with E-state index in [2.05, 4.69) is 27.9 Å². The van der Waals surface area contributed by atoms with E-state index in [1.165, 1.54) is 0 Å². The average molecular weight is 274 g/mol. The summed E-state index contributed by atoms with van der Waals surface area (Å²) in [6, 6.07) is 8.15. The number of aromatic nitrogens is 2. The Kier molecular flexibility index (Phi) is 4.09. The van der Waals surface area contributed by atoms with Crippen molar-refractivity contribution in [1.29, 1.82) is 0 Å². The summed E-state index contributed by atoms with van der Waals surface area (Å²) in [5.41, 5.74) is 1.70. The molecular weight excluding hydrogens is 252 g/mol. The molecule has 20 heavy (non-hydrogen) atoms. The number of aryl methyl sites for hydroxylation is 1. The Labute approximate surface area is 119 Å². The maximum atomic E-state index is 11.7. The second-order valence-electron chi connectivity index (χ2n) is 5.65. The van der Waals surface area contributed by atoms with Crippen LogP contribution in [-0.2, 0) is 18.4 Å². The summed E-state index contributed by atoms with van der Waals surface area (Å²) >= 11 is 0. The van der Waals surface area contributed by atoms with Crippen LogP contribution in [0.2, 0.25) is 0 Å². The van der Waals surface area contributed by atoms with Gasteiger partial charge in [-0.3, -0.25) is 9.48 Å². The van der Waals surface area contributed by atoms with Crippen molar-refractivity contribution < 1.29 is 4.79 Å². The van der Waals surface area contributed by atoms with Crippen molar-refractivity contribution in [2.75, 3.05) is 13.6 Å². The number of amides is 1. The largest absolute Gasteiger partial charge is 0.359 e. The molecule has 0 saturated carbocycles. The van der Waals surface area contributed by atoms with Crippen LogP contribution in [0.15, 0.2) is 24.3 Å². The summed E-state index contributed by atoms with van der Waals surface area (Å²) in [7, 11) is 3.61. The summed E-state index contributed by atoms with van der Waals surface area (Å²) in [5.74, 6) is 0.0379. The van der Waals surface area contributed by atoms with Crippen LogP contribution < -0.4 is 10.6 Å². The van der Waals surface area contributed by atoms with E-state index < -0.39 is 5.41 Å². The van der Waals surface area contributed by atoms with Crippen LogP contribution in [-0.4, -0.2) is 29.3 Å². The fourth-order valence-electron chi connectivity index (χ4n) is 2.33. The van der Waals surface area contributed by atoms with E-state index in [1.54, 1.807) is 7.05 Å². The molecule has 108 valence electrons. The molecule has 1 aromatic carbocycles. The van der Waals surface area contributed by atoms with Gasteiger partial charge in [0.2, 0.25) is 5.91 Å². The number of hydrogen-bond donors (Lipinski definition) is 2. The number of nitrogens with one attached hydrogen (secondary N) is 2. The highest BCUT2D eigenvalue weighted by Crippen LogP contribution is 2.18. The van der Waals surface area contributed by atoms with Gasteiger partial charge in [0.05, 0.1) is 16.6 Å². The first-order valence-electron chi connectivity index (χ1n) is 6.79. The molecule has 0 unspecified atom stereocenters. The molecule has 5 heteroatoms. The molecule has 2 N–H and O–H groups in total. The van der Waals surface area contributed by atoms with Gasteiger partial charge < -0.3 is 10.6 Å². The van der Waals surface area contributed by atoms with Crippen molar-refractivity contribution in [3.8, 4) is 0 Å². The number of hydrogen-bond acceptors (Lipinski definition) is 3. The second kappa shape index (κ2) is 5.63. The summed E-state index contributed by atoms with van der Waals surface area (Å²) in [6.45, 7) is 5.12. The third-order valence-electron chi connectivity index (χ3n) is 3.54. The molecule has 0 saturated heterocycles. The first kappa shape index (κ1) is 14.5. The minimum atomic E-state index is -0.431. The highest BCUT2D eigenvalue weighted by Gasteiger charge is 2.26. The first-order valence-corrected chi connectivity index (χ1v) is 6.79. The predicted octanol–water partition coefficient (Wildman–Crippen LogP) is 1.44. The molecule has 0 radical (unpaired) electrons. The van der Waals surface area contributed by atoms with Gasteiger partial charge >= 0.3 is 0 Å². The van der Waals surface area contributed by atoms with E-state index in [4.69, 9.17) is 0 Å². The summed E-state index contributed by atoms with van der Waals surface area (Å²) in [5, 5.41) is 11.7. The molecule has 0 atom stereocenters. The lowest BCUT2D eigenvalue weighted by Crippen LogP contribution is -2.41. The molecule has 5 nitrogen and oxygen atoms in total. The van der Waals surface area contributed by atoms with Crippen LogP contribution >= 0.6 is 0 Å². The van der Waals surface area contributed by atoms with Gasteiger partial charge in [-0.05, 0) is 19.9 Å². The van der Waals surface area contributed by atoms with Crippen LogP contribution in [0, 0.1) is 5.41 Å². The number of carbonyl (C=O) groups excluding carboxylic acids is 1. The Hall–Kier alpha value is -1.88. The Balaban J connectivity index is 2.05. The lowest BCUT2D eigenvalue weighted by molar-refractivity contribution is -0.128. The van der Waals surface area contributed by atoms with Gasteiger partial charge in [0, 0.05) is 32.6 Å². The predicted molar refractivity (Wildman–Crippen MR) is 80.3 cm³/mol. The summed E-state index contributed by atoms with van der Waals surface area (Å²) in [6.07, 6.45) is 0. The zero-order chi connectivity index (χ0) is 14.8. The topological polar surface area (TPSA) is 59.0 Å². The Morgan fingerprint density at radius 3 is 2.75 bits per heavy atom. The molecule has 0 spiro atoms. The molecule has 0 aliphatic rings. The van der Waals surface area contributed by atoms with Gasteiger partial charge in [-0.15, -0.1) is 0 Å². The molecule has 0 fully saturated rings. The number of carbonyl (C=O) groups is 1. The Morgan fingerprint density at radius 2 is 2.05 bits per heavy atom. The number of fused-ring (bicyclic) bond motifs is 1. The van der Waals surface area contributed by atoms with Gasteiger partial charge in [-0.1, -0.05) is 18.2 Å². The Bertz CT molecular complexity index is 615. The van der Waals surface area contributed by atoms with Crippen molar-refractivity contribution in [2.45, 2.75) is 20.4 Å². The third-order valence-corrected chi connectivity index (χ3v) is 3.54. The highest BCUT2D eigenvalue weighted by molar-refractivity contribution is 5.82. The zero-order valence-electron chi connectivity index (χ0n) is 12.5. The van der Waals surface area contributed by atoms with Gasteiger partial charge in [0.1, 0.15) is 0 Å². The van der Waals surface area contributed by atoms with E-state index in [0.717, 1.165) is 16.6 Å². The number of rotatable bonds is 5. The molecule has 0 aliphatic heterocycles. The first-order chi connectivity index (χ1) is 9.45. The van der Waals surface area contributed by atoms with Crippen LogP contribution in [0.4, 0.5) is 0 Å². The molecule has 2 aromatic rings. The van der Waals surface area contributed by atoms with Crippen molar-refractivity contribution >= 4 is 16.8 Å². The van der Waals surface area contributed by atoms with Crippen molar-refractivity contribution in [3.05, 3.63) is 30.0 Å². The van der Waals surface area contributed by atoms with Gasteiger partial charge in [0.15, 0.2) is 0 Å². The summed E-state index contributed by atoms with van der Waals surface area (Å²) in [4.78, 5) is 11.7. The third kappa shape index (κ3) is 2.82. The molecule has 1 amide bonds. The van der Waals surface area contributed by atoms with Crippen molar-refractivity contribution in [1.82, 2.24) is 20.4 Å². The van der Waals surface area contributed by atoms with Crippen molar-refractivity contribution in [3.63, 3.8) is 0 Å². The number of nitrogens with zero attached hydrogens (tertiary/aromatic N) is 2. The fourth-order valence-corrected chi connectivity index (χ4v) is 2.33. The lowest BCUT2D eigenvalue weighted by Gasteiger charge is -2.22. The maximum absolute atomic E-state index is 11.7. The molecular formula is C15H22N4O. The second-order valence-corrected chi connectivity index (χ2v) is 5.65. The maximum Gasteiger partial charge on any atom is 0.226 e. The molecule has 0 aliphatic carbocycles. The normalized spacial score (nSPS) is 11.8. The van der Waals surface area contributed by atoms with E-state index in [9.17, 15) is 4.79 Å². The minimum absolute atomic E-state index is 0.0379. The van der Waals surface area contributed by atoms with Crippen LogP contribution in [0.3, 0.4) is 0 Å². The lowest BCUT2D eigenvalue weighted by atomic mass is 9.92. The standard InChI is InChI=1S/C15H22N4O/c1-15(2,14(20)16-3)10-17-9-12-11-7-5-6-8-13(11)19(4)18-12/h5-8,17H,9-10H2,1-4H3,(H,16,20). The van der Waals surface area contributed by atoms with E-state index in [1.807, 2.05) is 37.7 Å². The number of para-hydroxylation sites is 1. The average Bonchev–Trinajstić information content (AvgIpc) is 2.75. The summed E-state index contributed by atoms with van der Waals surface area (Å²) < 4.78 is 1.89. The van der Waals surface area contributed by atoms with Gasteiger partial charge in [-0.2, -0.15) is 5.10 Å². The molecule has 2 rings (SSSR count). The number of benzene rings is 1.